The van der Waals surface area contributed by atoms with Crippen molar-refractivity contribution in [3.05, 3.63) is 54.0 Å². The molecule has 0 saturated carbocycles. The predicted octanol–water partition coefficient (Wildman–Crippen LogP) is 3.30. The van der Waals surface area contributed by atoms with Gasteiger partial charge in [0.15, 0.2) is 0 Å². The van der Waals surface area contributed by atoms with Crippen molar-refractivity contribution in [3.8, 4) is 0 Å². The first kappa shape index (κ1) is 22.1. The fourth-order valence-corrected chi connectivity index (χ4v) is 4.05. The molecule has 3 aromatic rings. The Labute approximate surface area is 189 Å². The zero-order valence-corrected chi connectivity index (χ0v) is 19.1. The van der Waals surface area contributed by atoms with Crippen LogP contribution in [0.25, 0.3) is 11.0 Å². The van der Waals surface area contributed by atoms with Crippen molar-refractivity contribution in [1.82, 2.24) is 30.5 Å². The molecule has 3 heterocycles. The highest BCUT2D eigenvalue weighted by molar-refractivity contribution is 5.76. The van der Waals surface area contributed by atoms with Crippen molar-refractivity contribution >= 4 is 22.9 Å². The van der Waals surface area contributed by atoms with Gasteiger partial charge >= 0.3 is 6.03 Å². The second-order valence-electron chi connectivity index (χ2n) is 8.63. The zero-order chi connectivity index (χ0) is 22.5. The normalized spacial score (nSPS) is 15.8. The lowest BCUT2D eigenvalue weighted by Crippen LogP contribution is -2.46. The van der Waals surface area contributed by atoms with E-state index in [1.54, 1.807) is 0 Å². The standard InChI is InChI=1S/C24H33N7O/c1-4-30-11-13-31(14-12-30)21-10-9-18(15-25-21)16-26-24(32)29-22(17(2)3)23-27-19-7-5-6-8-20(19)28-23/h5-10,15,17,22H,4,11-14,16H2,1-3H3,(H,27,28)(H2,26,29,32). The summed E-state index contributed by atoms with van der Waals surface area (Å²) < 4.78 is 0. The van der Waals surface area contributed by atoms with Gasteiger partial charge in [0.25, 0.3) is 0 Å². The van der Waals surface area contributed by atoms with Crippen molar-refractivity contribution in [2.24, 2.45) is 5.92 Å². The monoisotopic (exact) mass is 435 g/mol. The number of piperazine rings is 1. The molecule has 0 spiro atoms. The molecule has 8 heteroatoms. The Hall–Kier alpha value is -3.13. The number of para-hydroxylation sites is 2. The number of anilines is 1. The van der Waals surface area contributed by atoms with Crippen LogP contribution < -0.4 is 15.5 Å². The van der Waals surface area contributed by atoms with E-state index in [0.717, 1.165) is 61.0 Å². The topological polar surface area (TPSA) is 89.2 Å². The Balaban J connectivity index is 1.31. The molecule has 1 aliphatic rings. The summed E-state index contributed by atoms with van der Waals surface area (Å²) in [4.78, 5) is 30.0. The number of rotatable bonds is 7. The van der Waals surface area contributed by atoms with Crippen molar-refractivity contribution in [2.45, 2.75) is 33.4 Å². The third kappa shape index (κ3) is 5.19. The number of hydrogen-bond donors (Lipinski definition) is 3. The minimum absolute atomic E-state index is 0.190. The van der Waals surface area contributed by atoms with Gasteiger partial charge in [-0.3, -0.25) is 0 Å². The van der Waals surface area contributed by atoms with Gasteiger partial charge in [-0.25, -0.2) is 14.8 Å². The van der Waals surface area contributed by atoms with Crippen LogP contribution in [0.5, 0.6) is 0 Å². The number of amides is 2. The minimum atomic E-state index is -0.219. The smallest absolute Gasteiger partial charge is 0.315 e. The van der Waals surface area contributed by atoms with Crippen LogP contribution in [0.1, 0.15) is 38.2 Å². The van der Waals surface area contributed by atoms with E-state index in [1.807, 2.05) is 42.6 Å². The molecule has 1 atom stereocenters. The van der Waals surface area contributed by atoms with E-state index in [9.17, 15) is 4.79 Å². The van der Waals surface area contributed by atoms with Crippen LogP contribution in [0, 0.1) is 5.92 Å². The summed E-state index contributed by atoms with van der Waals surface area (Å²) in [5.41, 5.74) is 2.84. The number of H-pyrrole nitrogens is 1. The highest BCUT2D eigenvalue weighted by Crippen LogP contribution is 2.22. The summed E-state index contributed by atoms with van der Waals surface area (Å²) in [5, 5.41) is 6.01. The van der Waals surface area contributed by atoms with Gasteiger partial charge in [-0.2, -0.15) is 0 Å². The van der Waals surface area contributed by atoms with Crippen LogP contribution in [0.15, 0.2) is 42.6 Å². The summed E-state index contributed by atoms with van der Waals surface area (Å²) in [6.07, 6.45) is 1.85. The first-order valence-corrected chi connectivity index (χ1v) is 11.4. The molecule has 0 bridgehead atoms. The summed E-state index contributed by atoms with van der Waals surface area (Å²) in [7, 11) is 0. The maximum absolute atomic E-state index is 12.6. The molecule has 1 fully saturated rings. The Morgan fingerprint density at radius 1 is 1.12 bits per heavy atom. The number of urea groups is 1. The second kappa shape index (κ2) is 9.99. The van der Waals surface area contributed by atoms with Gasteiger partial charge in [0.2, 0.25) is 0 Å². The third-order valence-electron chi connectivity index (χ3n) is 6.06. The molecule has 4 rings (SSSR count). The van der Waals surface area contributed by atoms with Crippen LogP contribution in [-0.4, -0.2) is 58.6 Å². The molecule has 2 aromatic heterocycles. The highest BCUT2D eigenvalue weighted by atomic mass is 16.2. The fraction of sp³-hybridized carbons (Fsp3) is 0.458. The largest absolute Gasteiger partial charge is 0.354 e. The van der Waals surface area contributed by atoms with Crippen LogP contribution in [-0.2, 0) is 6.54 Å². The number of likely N-dealkylation sites (N-methyl/N-ethyl adjacent to an activating group) is 1. The SMILES string of the molecule is CCN1CCN(c2ccc(CNC(=O)NC(c3nc4ccccc4[nH]3)C(C)C)cn2)CC1. The lowest BCUT2D eigenvalue weighted by atomic mass is 10.0. The van der Waals surface area contributed by atoms with E-state index >= 15 is 0 Å². The molecule has 8 nitrogen and oxygen atoms in total. The van der Waals surface area contributed by atoms with Gasteiger partial charge in [0, 0.05) is 38.9 Å². The fourth-order valence-electron chi connectivity index (χ4n) is 4.05. The first-order chi connectivity index (χ1) is 15.5. The molecule has 1 saturated heterocycles. The molecule has 0 radical (unpaired) electrons. The van der Waals surface area contributed by atoms with Crippen LogP contribution in [0.4, 0.5) is 10.6 Å². The van der Waals surface area contributed by atoms with Crippen LogP contribution in [0.3, 0.4) is 0 Å². The lowest BCUT2D eigenvalue weighted by Gasteiger charge is -2.34. The van der Waals surface area contributed by atoms with Crippen molar-refractivity contribution in [2.75, 3.05) is 37.6 Å². The molecule has 0 aliphatic carbocycles. The molecule has 1 aromatic carbocycles. The quantitative estimate of drug-likeness (QED) is 0.530. The van der Waals surface area contributed by atoms with Crippen LogP contribution >= 0.6 is 0 Å². The third-order valence-corrected chi connectivity index (χ3v) is 6.06. The Bertz CT molecular complexity index is 989. The van der Waals surface area contributed by atoms with E-state index in [1.165, 1.54) is 0 Å². The van der Waals surface area contributed by atoms with E-state index in [2.05, 4.69) is 56.2 Å². The highest BCUT2D eigenvalue weighted by Gasteiger charge is 2.22. The first-order valence-electron chi connectivity index (χ1n) is 11.4. The summed E-state index contributed by atoms with van der Waals surface area (Å²) in [5.74, 6) is 1.96. The number of nitrogens with zero attached hydrogens (tertiary/aromatic N) is 4. The summed E-state index contributed by atoms with van der Waals surface area (Å²) in [6, 6.07) is 11.5. The van der Waals surface area contributed by atoms with Crippen LogP contribution in [0.2, 0.25) is 0 Å². The molecule has 32 heavy (non-hydrogen) atoms. The number of nitrogens with one attached hydrogen (secondary N) is 3. The predicted molar refractivity (Wildman–Crippen MR) is 128 cm³/mol. The summed E-state index contributed by atoms with van der Waals surface area (Å²) >= 11 is 0. The van der Waals surface area contributed by atoms with E-state index in [4.69, 9.17) is 0 Å². The maximum atomic E-state index is 12.6. The van der Waals surface area contributed by atoms with Gasteiger partial charge < -0.3 is 25.4 Å². The van der Waals surface area contributed by atoms with Gasteiger partial charge in [-0.05, 0) is 36.2 Å². The Kier molecular flexibility index (Phi) is 6.90. The number of pyridine rings is 1. The molecule has 2 amide bonds. The molecule has 3 N–H and O–H groups in total. The number of carbonyl (C=O) groups is 1. The zero-order valence-electron chi connectivity index (χ0n) is 19.1. The van der Waals surface area contributed by atoms with Gasteiger partial charge in [0.05, 0.1) is 17.1 Å². The van der Waals surface area contributed by atoms with Gasteiger partial charge in [-0.15, -0.1) is 0 Å². The number of hydrogen-bond acceptors (Lipinski definition) is 5. The van der Waals surface area contributed by atoms with E-state index < -0.39 is 0 Å². The van der Waals surface area contributed by atoms with Crippen molar-refractivity contribution in [3.63, 3.8) is 0 Å². The van der Waals surface area contributed by atoms with Gasteiger partial charge in [0.1, 0.15) is 11.6 Å². The molecule has 1 unspecified atom stereocenters. The molecular weight excluding hydrogens is 402 g/mol. The average Bonchev–Trinajstić information content (AvgIpc) is 3.25. The molecule has 1 aliphatic heterocycles. The van der Waals surface area contributed by atoms with Crippen molar-refractivity contribution in [1.29, 1.82) is 0 Å². The van der Waals surface area contributed by atoms with Crippen molar-refractivity contribution < 1.29 is 4.79 Å². The number of benzene rings is 1. The Morgan fingerprint density at radius 3 is 2.56 bits per heavy atom. The van der Waals surface area contributed by atoms with E-state index in [0.29, 0.717) is 6.54 Å². The number of carbonyl (C=O) groups excluding carboxylic acids is 1. The van der Waals surface area contributed by atoms with Gasteiger partial charge in [-0.1, -0.05) is 39.0 Å². The number of fused-ring (bicyclic) bond motifs is 1. The molecule has 170 valence electrons. The average molecular weight is 436 g/mol. The van der Waals surface area contributed by atoms with E-state index in [-0.39, 0.29) is 18.0 Å². The minimum Gasteiger partial charge on any atom is -0.354 e. The number of imidazole rings is 1. The lowest BCUT2D eigenvalue weighted by molar-refractivity contribution is 0.232. The Morgan fingerprint density at radius 2 is 1.91 bits per heavy atom. The molecular formula is C24H33N7O. The second-order valence-corrected chi connectivity index (χ2v) is 8.63. The number of aromatic nitrogens is 3. The number of aromatic amines is 1. The maximum Gasteiger partial charge on any atom is 0.315 e. The summed E-state index contributed by atoms with van der Waals surface area (Å²) in [6.45, 7) is 12.0.